The van der Waals surface area contributed by atoms with E-state index in [0.29, 0.717) is 12.5 Å². The molecule has 4 aliphatic rings. The van der Waals surface area contributed by atoms with E-state index >= 15 is 0 Å². The van der Waals surface area contributed by atoms with Crippen LogP contribution in [0.3, 0.4) is 0 Å². The van der Waals surface area contributed by atoms with Crippen molar-refractivity contribution in [3.63, 3.8) is 0 Å². The number of nitrogens with one attached hydrogen (secondary N) is 3. The summed E-state index contributed by atoms with van der Waals surface area (Å²) in [7, 11) is -1.00. The molecule has 2 aromatic carbocycles. The van der Waals surface area contributed by atoms with Crippen LogP contribution in [0.25, 0.3) is 0 Å². The molecule has 2 heterocycles. The van der Waals surface area contributed by atoms with E-state index in [1.807, 2.05) is 12.1 Å². The van der Waals surface area contributed by atoms with Crippen molar-refractivity contribution in [2.24, 2.45) is 0 Å². The molecule has 0 spiro atoms. The van der Waals surface area contributed by atoms with Gasteiger partial charge in [0.15, 0.2) is 0 Å². The van der Waals surface area contributed by atoms with Crippen molar-refractivity contribution in [2.45, 2.75) is 115 Å². The fourth-order valence-corrected chi connectivity index (χ4v) is 7.13. The Hall–Kier alpha value is 0.223. The third-order valence-electron chi connectivity index (χ3n) is 9.73. The van der Waals surface area contributed by atoms with Crippen molar-refractivity contribution in [2.75, 3.05) is 56.4 Å². The quantitative estimate of drug-likeness (QED) is 0.118. The van der Waals surface area contributed by atoms with Gasteiger partial charge in [-0.2, -0.15) is 0 Å². The third kappa shape index (κ3) is 24.6. The van der Waals surface area contributed by atoms with Gasteiger partial charge in [-0.05, 0) is 125 Å². The minimum atomic E-state index is -1.00. The van der Waals surface area contributed by atoms with Crippen molar-refractivity contribution in [3.05, 3.63) is 59.7 Å². The van der Waals surface area contributed by atoms with E-state index in [1.165, 1.54) is 127 Å². The fourth-order valence-electron chi connectivity index (χ4n) is 7.07. The summed E-state index contributed by atoms with van der Waals surface area (Å²) in [5.41, 5.74) is 4.60. The first-order valence-corrected chi connectivity index (χ1v) is 19.3. The summed E-state index contributed by atoms with van der Waals surface area (Å²) >= 11 is 5.44. The molecule has 3 N–H and O–H groups in total. The number of piperidine rings is 2. The van der Waals surface area contributed by atoms with Gasteiger partial charge >= 0.3 is 51.4 Å². The van der Waals surface area contributed by atoms with Gasteiger partial charge < -0.3 is 26.1 Å². The average Bonchev–Trinajstić information content (AvgIpc) is 3.21. The van der Waals surface area contributed by atoms with Crippen LogP contribution in [0.15, 0.2) is 48.5 Å². The first kappa shape index (κ1) is 51.2. The first-order chi connectivity index (χ1) is 25.4. The van der Waals surface area contributed by atoms with Crippen LogP contribution in [0.5, 0.6) is 0 Å². The molecule has 2 aromatic rings. The van der Waals surface area contributed by atoms with E-state index in [2.05, 4.69) is 62.1 Å². The Kier molecular flexibility index (Phi) is 34.2. The number of halogens is 2. The Morgan fingerprint density at radius 1 is 0.792 bits per heavy atom. The van der Waals surface area contributed by atoms with E-state index in [-0.39, 0.29) is 127 Å². The number of alkyl halides is 2. The molecular formula is C40H61ClFK2N4O5. The van der Waals surface area contributed by atoms with Crippen molar-refractivity contribution in [1.29, 1.82) is 0 Å². The second-order valence-electron chi connectivity index (χ2n) is 13.5. The number of likely N-dealkylation sites (tertiary alicyclic amines) is 1. The SMILES string of the molecule is C1CCNCC1.O=C(CCl)Nc1ccc(C2CCCCC2)cc1.O=C(CN1CCCCC1)Nc1ccc(C2CCCCC2)cc1.O=CO[O-].[2H]CF.[K+].[K]. The van der Waals surface area contributed by atoms with Crippen molar-refractivity contribution >= 4 is 92.6 Å². The van der Waals surface area contributed by atoms with Gasteiger partial charge in [-0.3, -0.25) is 23.7 Å². The zero-order chi connectivity index (χ0) is 37.7. The summed E-state index contributed by atoms with van der Waals surface area (Å²) in [6.07, 6.45) is 21.4. The number of rotatable bonds is 8. The molecule has 1 radical (unpaired) electrons. The number of amides is 2. The Balaban J connectivity index is 0.000000774. The fraction of sp³-hybridized carbons (Fsp3) is 0.625. The van der Waals surface area contributed by atoms with Crippen LogP contribution in [-0.4, -0.2) is 120 Å². The summed E-state index contributed by atoms with van der Waals surface area (Å²) in [6.45, 7) is 4.98. The molecular weight excluding hydrogens is 749 g/mol. The van der Waals surface area contributed by atoms with Gasteiger partial charge in [0.05, 0.1) is 15.1 Å². The van der Waals surface area contributed by atoms with Gasteiger partial charge in [0.1, 0.15) is 5.88 Å². The first-order valence-electron chi connectivity index (χ1n) is 19.5. The maximum atomic E-state index is 12.1. The standard InChI is InChI=1S/C19H28N2O.C14H18ClNO.C5H11N.CH3F.CH2O3.2K/c22-19(15-21-13-5-2-6-14-21)20-18-11-9-17(10-12-18)16-7-3-1-4-8-16;15-10-14(17)16-13-8-6-12(7-9-13)11-4-2-1-3-5-11;1-2-4-6-5-3-1;1-2;2-1-4-3;;/h9-12,16H,1-8,13-15H2,(H,20,22);6-9,11H,1-5,10H2,(H,16,17);6H,1-5H2;1H3;1,3H;;/q;;;;;;+1/p-1/i;;;1D;;;. The van der Waals surface area contributed by atoms with E-state index in [4.69, 9.17) is 23.0 Å². The Labute approximate surface area is 409 Å². The topological polar surface area (TPSA) is 123 Å². The number of carbonyl (C=O) groups is 3. The van der Waals surface area contributed by atoms with Gasteiger partial charge in [0.25, 0.3) is 6.47 Å². The second-order valence-corrected chi connectivity index (χ2v) is 13.8. The molecule has 13 heteroatoms. The van der Waals surface area contributed by atoms with Crippen molar-refractivity contribution < 1.29 is 81.7 Å². The number of carbonyl (C=O) groups excluding carboxylic acids is 3. The average molecular weight is 812 g/mol. The maximum absolute atomic E-state index is 12.1. The predicted molar refractivity (Wildman–Crippen MR) is 209 cm³/mol. The van der Waals surface area contributed by atoms with Crippen molar-refractivity contribution in [1.82, 2.24) is 10.2 Å². The van der Waals surface area contributed by atoms with Crippen molar-refractivity contribution in [3.8, 4) is 0 Å². The third-order valence-corrected chi connectivity index (χ3v) is 9.97. The van der Waals surface area contributed by atoms with Gasteiger partial charge in [0.2, 0.25) is 11.8 Å². The summed E-state index contributed by atoms with van der Waals surface area (Å²) in [5.74, 6) is 1.41. The zero-order valence-corrected chi connectivity index (χ0v) is 39.4. The molecule has 0 atom stereocenters. The van der Waals surface area contributed by atoms with Crippen LogP contribution >= 0.6 is 11.6 Å². The molecule has 2 saturated carbocycles. The van der Waals surface area contributed by atoms with Crippen LogP contribution in [0.4, 0.5) is 15.8 Å². The zero-order valence-electron chi connectivity index (χ0n) is 33.4. The summed E-state index contributed by atoms with van der Waals surface area (Å²) in [4.78, 5) is 36.7. The summed E-state index contributed by atoms with van der Waals surface area (Å²) < 4.78 is 15.5. The molecule has 2 saturated heterocycles. The van der Waals surface area contributed by atoms with E-state index in [9.17, 15) is 14.0 Å². The largest absolute Gasteiger partial charge is 1.00 e. The molecule has 6 rings (SSSR count). The van der Waals surface area contributed by atoms with Gasteiger partial charge in [-0.15, -0.1) is 11.6 Å². The molecule has 287 valence electrons. The van der Waals surface area contributed by atoms with Gasteiger partial charge in [-0.25, -0.2) is 0 Å². The molecule has 9 nitrogen and oxygen atoms in total. The maximum Gasteiger partial charge on any atom is 1.00 e. The smallest absolute Gasteiger partial charge is 0.662 e. The van der Waals surface area contributed by atoms with Gasteiger partial charge in [0, 0.05) is 62.8 Å². The molecule has 2 amide bonds. The minimum absolute atomic E-state index is 0. The number of anilines is 2. The predicted octanol–water partition coefficient (Wildman–Crippen LogP) is 4.47. The summed E-state index contributed by atoms with van der Waals surface area (Å²) in [5, 5.41) is 17.5. The molecule has 0 unspecified atom stereocenters. The molecule has 2 aliphatic carbocycles. The normalized spacial score (nSPS) is 17.5. The van der Waals surface area contributed by atoms with Crippen LogP contribution in [0.1, 0.15) is 127 Å². The van der Waals surface area contributed by atoms with E-state index < -0.39 is 7.15 Å². The van der Waals surface area contributed by atoms with E-state index in [0.717, 1.165) is 30.4 Å². The summed E-state index contributed by atoms with van der Waals surface area (Å²) in [6, 6.07) is 16.7. The number of hydrogen-bond donors (Lipinski definition) is 3. The number of hydrogen-bond acceptors (Lipinski definition) is 7. The molecule has 2 aliphatic heterocycles. The number of benzene rings is 2. The molecule has 0 bridgehead atoms. The van der Waals surface area contributed by atoms with Crippen LogP contribution in [0, 0.1) is 0 Å². The van der Waals surface area contributed by atoms with Gasteiger partial charge in [-0.1, -0.05) is 75.6 Å². The number of nitrogens with zero attached hydrogens (tertiary/aromatic N) is 1. The minimum Gasteiger partial charge on any atom is -0.662 e. The second kappa shape index (κ2) is 35.4. The van der Waals surface area contributed by atoms with Crippen LogP contribution < -0.4 is 72.6 Å². The monoisotopic (exact) mass is 810 g/mol. The Morgan fingerprint density at radius 3 is 1.51 bits per heavy atom. The van der Waals surface area contributed by atoms with E-state index in [1.54, 1.807) is 0 Å². The molecule has 53 heavy (non-hydrogen) atoms. The molecule has 0 aromatic heterocycles. The molecule has 4 fully saturated rings. The Bertz CT molecular complexity index is 1210. The van der Waals surface area contributed by atoms with Crippen LogP contribution in [0.2, 0.25) is 0 Å². The Morgan fingerprint density at radius 2 is 1.17 bits per heavy atom. The van der Waals surface area contributed by atoms with Crippen LogP contribution in [-0.2, 0) is 19.3 Å².